The molecule has 0 radical (unpaired) electrons. The van der Waals surface area contributed by atoms with Crippen LogP contribution in [0.4, 0.5) is 11.4 Å². The van der Waals surface area contributed by atoms with Gasteiger partial charge in [0, 0.05) is 6.07 Å². The van der Waals surface area contributed by atoms with E-state index in [1.54, 1.807) is 54.6 Å². The van der Waals surface area contributed by atoms with Gasteiger partial charge >= 0.3 is 5.69 Å². The molecule has 4 aromatic carbocycles. The van der Waals surface area contributed by atoms with Crippen molar-refractivity contribution in [1.82, 2.24) is 5.32 Å². The fourth-order valence-electron chi connectivity index (χ4n) is 3.82. The number of para-hydroxylation sites is 2. The average Bonchev–Trinajstić information content (AvgIpc) is 2.93. The first-order valence-electron chi connectivity index (χ1n) is 11.6. The van der Waals surface area contributed by atoms with E-state index in [4.69, 9.17) is 21.7 Å². The van der Waals surface area contributed by atoms with E-state index in [2.05, 4.69) is 5.32 Å². The van der Waals surface area contributed by atoms with Gasteiger partial charge in [-0.05, 0) is 78.5 Å². The minimum absolute atomic E-state index is 0.0217. The van der Waals surface area contributed by atoms with Crippen molar-refractivity contribution < 1.29 is 24.0 Å². The molecule has 10 heteroatoms. The van der Waals surface area contributed by atoms with Crippen LogP contribution in [0.2, 0.25) is 0 Å². The summed E-state index contributed by atoms with van der Waals surface area (Å²) in [6, 6.07) is 28.6. The van der Waals surface area contributed by atoms with Gasteiger partial charge in [-0.2, -0.15) is 0 Å². The van der Waals surface area contributed by atoms with Gasteiger partial charge in [0.05, 0.1) is 10.6 Å². The molecule has 1 heterocycles. The van der Waals surface area contributed by atoms with Crippen LogP contribution >= 0.6 is 12.2 Å². The van der Waals surface area contributed by atoms with Crippen molar-refractivity contribution in [2.24, 2.45) is 0 Å². The molecule has 1 N–H and O–H groups in total. The van der Waals surface area contributed by atoms with Crippen LogP contribution < -0.4 is 19.7 Å². The van der Waals surface area contributed by atoms with Gasteiger partial charge in [0.25, 0.3) is 11.8 Å². The van der Waals surface area contributed by atoms with Gasteiger partial charge in [0.1, 0.15) is 22.8 Å². The number of nitro benzene ring substituents is 1. The zero-order valence-electron chi connectivity index (χ0n) is 20.1. The molecule has 1 fully saturated rings. The smallest absolute Gasteiger partial charge is 0.312 e. The van der Waals surface area contributed by atoms with Gasteiger partial charge in [-0.3, -0.25) is 29.9 Å². The molecule has 1 saturated heterocycles. The molecule has 0 atom stereocenters. The number of nitrogens with one attached hydrogen (secondary N) is 1. The summed E-state index contributed by atoms with van der Waals surface area (Å²) in [5, 5.41) is 14.1. The predicted octanol–water partition coefficient (Wildman–Crippen LogP) is 6.01. The highest BCUT2D eigenvalue weighted by Crippen LogP contribution is 2.33. The molecule has 0 unspecified atom stereocenters. The molecule has 39 heavy (non-hydrogen) atoms. The molecule has 2 amide bonds. The lowest BCUT2D eigenvalue weighted by Crippen LogP contribution is -2.54. The second kappa shape index (κ2) is 11.0. The van der Waals surface area contributed by atoms with E-state index in [0.29, 0.717) is 22.9 Å². The number of nitro groups is 1. The Hall–Kier alpha value is -5.35. The summed E-state index contributed by atoms with van der Waals surface area (Å²) in [5.74, 6) is 0.267. The lowest BCUT2D eigenvalue weighted by atomic mass is 10.1. The Kier molecular flexibility index (Phi) is 7.11. The Morgan fingerprint density at radius 3 is 2.00 bits per heavy atom. The third-order valence-corrected chi connectivity index (χ3v) is 5.92. The number of rotatable bonds is 7. The van der Waals surface area contributed by atoms with Crippen LogP contribution in [0.5, 0.6) is 23.0 Å². The van der Waals surface area contributed by atoms with Gasteiger partial charge in [0.2, 0.25) is 5.75 Å². The Labute approximate surface area is 228 Å². The third kappa shape index (κ3) is 5.65. The van der Waals surface area contributed by atoms with Crippen molar-refractivity contribution in [1.29, 1.82) is 0 Å². The van der Waals surface area contributed by atoms with Crippen LogP contribution in [0, 0.1) is 10.1 Å². The molecule has 0 saturated carbocycles. The quantitative estimate of drug-likeness (QED) is 0.101. The molecule has 0 bridgehead atoms. The number of hydrogen-bond acceptors (Lipinski definition) is 7. The molecule has 9 nitrogen and oxygen atoms in total. The Morgan fingerprint density at radius 1 is 0.795 bits per heavy atom. The number of nitrogens with zero attached hydrogens (tertiary/aromatic N) is 2. The van der Waals surface area contributed by atoms with E-state index in [1.807, 2.05) is 30.3 Å². The summed E-state index contributed by atoms with van der Waals surface area (Å²) in [6.45, 7) is 0. The van der Waals surface area contributed by atoms with Gasteiger partial charge in [-0.15, -0.1) is 0 Å². The molecule has 0 spiro atoms. The van der Waals surface area contributed by atoms with Gasteiger partial charge in [0.15, 0.2) is 5.11 Å². The van der Waals surface area contributed by atoms with Crippen LogP contribution in [0.25, 0.3) is 6.08 Å². The molecule has 1 aliphatic rings. The van der Waals surface area contributed by atoms with Crippen molar-refractivity contribution in [3.63, 3.8) is 0 Å². The molecule has 4 aromatic rings. The third-order valence-electron chi connectivity index (χ3n) is 5.64. The van der Waals surface area contributed by atoms with Gasteiger partial charge in [-0.25, -0.2) is 0 Å². The first kappa shape index (κ1) is 25.3. The Balaban J connectivity index is 1.41. The highest BCUT2D eigenvalue weighted by atomic mass is 32.1. The lowest BCUT2D eigenvalue weighted by molar-refractivity contribution is -0.385. The summed E-state index contributed by atoms with van der Waals surface area (Å²) in [5.41, 5.74) is 0.117. The van der Waals surface area contributed by atoms with Crippen molar-refractivity contribution in [2.75, 3.05) is 4.90 Å². The SMILES string of the molecule is O=C1NC(=S)N(c2ccc(Oc3ccccc3)cc2)C(=O)C1=Cc1ccc(Oc2ccccc2)c([N+](=O)[O-])c1. The number of thiocarbonyl (C=S) groups is 1. The fraction of sp³-hybridized carbons (Fsp3) is 0. The maximum atomic E-state index is 13.4. The summed E-state index contributed by atoms with van der Waals surface area (Å²) in [7, 11) is 0. The van der Waals surface area contributed by atoms with E-state index >= 15 is 0 Å². The average molecular weight is 538 g/mol. The van der Waals surface area contributed by atoms with Crippen molar-refractivity contribution in [3.8, 4) is 23.0 Å². The highest BCUT2D eigenvalue weighted by Gasteiger charge is 2.34. The molecular weight excluding hydrogens is 518 g/mol. The van der Waals surface area contributed by atoms with Crippen LogP contribution in [-0.4, -0.2) is 21.9 Å². The summed E-state index contributed by atoms with van der Waals surface area (Å²) < 4.78 is 11.4. The van der Waals surface area contributed by atoms with Crippen molar-refractivity contribution in [3.05, 3.63) is 124 Å². The van der Waals surface area contributed by atoms with Crippen LogP contribution in [-0.2, 0) is 9.59 Å². The number of benzene rings is 4. The molecular formula is C29H19N3O6S. The minimum Gasteiger partial charge on any atom is -0.457 e. The van der Waals surface area contributed by atoms with E-state index < -0.39 is 16.7 Å². The van der Waals surface area contributed by atoms with Crippen molar-refractivity contribution in [2.45, 2.75) is 0 Å². The number of anilines is 1. The van der Waals surface area contributed by atoms with E-state index in [-0.39, 0.29) is 27.7 Å². The zero-order valence-corrected chi connectivity index (χ0v) is 21.0. The van der Waals surface area contributed by atoms with E-state index in [9.17, 15) is 19.7 Å². The van der Waals surface area contributed by atoms with Crippen molar-refractivity contribution >= 4 is 46.6 Å². The molecule has 0 aliphatic carbocycles. The minimum atomic E-state index is -0.711. The van der Waals surface area contributed by atoms with Crippen LogP contribution in [0.1, 0.15) is 5.56 Å². The first-order chi connectivity index (χ1) is 18.9. The molecule has 0 aromatic heterocycles. The number of hydrogen-bond donors (Lipinski definition) is 1. The highest BCUT2D eigenvalue weighted by molar-refractivity contribution is 7.80. The van der Waals surface area contributed by atoms with E-state index in [1.165, 1.54) is 29.2 Å². The fourth-order valence-corrected chi connectivity index (χ4v) is 4.10. The lowest BCUT2D eigenvalue weighted by Gasteiger charge is -2.29. The predicted molar refractivity (Wildman–Crippen MR) is 149 cm³/mol. The monoisotopic (exact) mass is 537 g/mol. The maximum Gasteiger partial charge on any atom is 0.312 e. The second-order valence-electron chi connectivity index (χ2n) is 8.27. The first-order valence-corrected chi connectivity index (χ1v) is 12.1. The summed E-state index contributed by atoms with van der Waals surface area (Å²) >= 11 is 5.26. The topological polar surface area (TPSA) is 111 Å². The molecule has 192 valence electrons. The van der Waals surface area contributed by atoms with Crippen LogP contribution in [0.15, 0.2) is 109 Å². The maximum absolute atomic E-state index is 13.4. The summed E-state index contributed by atoms with van der Waals surface area (Å²) in [6.07, 6.45) is 1.28. The van der Waals surface area contributed by atoms with Gasteiger partial charge in [-0.1, -0.05) is 42.5 Å². The Morgan fingerprint density at radius 2 is 1.38 bits per heavy atom. The Bertz CT molecular complexity index is 1610. The summed E-state index contributed by atoms with van der Waals surface area (Å²) in [4.78, 5) is 38.4. The molecule has 1 aliphatic heterocycles. The van der Waals surface area contributed by atoms with Gasteiger partial charge < -0.3 is 9.47 Å². The molecule has 5 rings (SSSR count). The van der Waals surface area contributed by atoms with E-state index in [0.717, 1.165) is 0 Å². The van der Waals surface area contributed by atoms with Crippen LogP contribution in [0.3, 0.4) is 0 Å². The number of carbonyl (C=O) groups is 2. The number of amides is 2. The zero-order chi connectivity index (χ0) is 27.4. The number of ether oxygens (including phenoxy) is 2. The largest absolute Gasteiger partial charge is 0.457 e. The standard InChI is InChI=1S/C29H19N3O6S/c33-27-24(17-19-11-16-26(25(18-19)32(35)36)38-22-9-5-2-6-10-22)28(34)31(29(39)30-27)20-12-14-23(15-13-20)37-21-7-3-1-4-8-21/h1-18H,(H,30,33,39). The second-order valence-corrected chi connectivity index (χ2v) is 8.65. The number of carbonyl (C=O) groups excluding carboxylic acids is 2. The normalized spacial score (nSPS) is 14.2.